The number of hydrogen-bond donors (Lipinski definition) is 4. The van der Waals surface area contributed by atoms with Crippen LogP contribution < -0.4 is 0 Å². The summed E-state index contributed by atoms with van der Waals surface area (Å²) in [7, 11) is -4.36. The van der Waals surface area contributed by atoms with E-state index in [1.807, 2.05) is 0 Å². The highest BCUT2D eigenvalue weighted by molar-refractivity contribution is 7.53. The van der Waals surface area contributed by atoms with Crippen LogP contribution in [-0.4, -0.2) is 37.9 Å². The molecule has 0 saturated heterocycles. The third-order valence-corrected chi connectivity index (χ3v) is 5.62. The van der Waals surface area contributed by atoms with E-state index in [1.54, 1.807) is 27.7 Å². The number of aliphatic hydroxyl groups excluding tert-OH is 2. The summed E-state index contributed by atoms with van der Waals surface area (Å²) in [6.07, 6.45) is -1.19. The summed E-state index contributed by atoms with van der Waals surface area (Å²) < 4.78 is 11.7. The monoisotopic (exact) mass is 254 g/mol. The van der Waals surface area contributed by atoms with E-state index in [-0.39, 0.29) is 18.3 Å². The van der Waals surface area contributed by atoms with Crippen LogP contribution in [0.25, 0.3) is 0 Å². The quantitative estimate of drug-likeness (QED) is 0.529. The van der Waals surface area contributed by atoms with Crippen LogP contribution in [0.3, 0.4) is 0 Å². The smallest absolute Gasteiger partial charge is 0.332 e. The van der Waals surface area contributed by atoms with Crippen molar-refractivity contribution in [1.82, 2.24) is 0 Å². The van der Waals surface area contributed by atoms with Crippen molar-refractivity contribution in [3.8, 4) is 0 Å². The van der Waals surface area contributed by atoms with Gasteiger partial charge in [0.2, 0.25) is 0 Å². The first-order valence-corrected chi connectivity index (χ1v) is 7.05. The molecule has 0 aliphatic rings. The van der Waals surface area contributed by atoms with Gasteiger partial charge in [-0.2, -0.15) is 0 Å². The van der Waals surface area contributed by atoms with E-state index >= 15 is 0 Å². The molecule has 0 spiro atoms. The molecule has 0 bridgehead atoms. The van der Waals surface area contributed by atoms with Crippen molar-refractivity contribution < 1.29 is 24.6 Å². The van der Waals surface area contributed by atoms with Crippen LogP contribution in [0, 0.1) is 11.8 Å². The second-order valence-corrected chi connectivity index (χ2v) is 6.81. The lowest BCUT2D eigenvalue weighted by Crippen LogP contribution is -2.44. The van der Waals surface area contributed by atoms with E-state index in [0.717, 1.165) is 0 Å². The summed E-state index contributed by atoms with van der Waals surface area (Å²) in [5.74, 6) is -0.566. The van der Waals surface area contributed by atoms with Gasteiger partial charge in [0.05, 0.1) is 17.9 Å². The van der Waals surface area contributed by atoms with Crippen LogP contribution in [0.5, 0.6) is 0 Å². The molecule has 0 aromatic rings. The van der Waals surface area contributed by atoms with E-state index in [9.17, 15) is 19.5 Å². The number of aliphatic hydroxyl groups is 2. The molecule has 0 heterocycles. The largest absolute Gasteiger partial charge is 0.394 e. The molecule has 6 heteroatoms. The minimum atomic E-state index is -4.36. The molecule has 98 valence electrons. The predicted octanol–water partition coefficient (Wildman–Crippen LogP) is 0.958. The Kier molecular flexibility index (Phi) is 5.63. The van der Waals surface area contributed by atoms with Crippen LogP contribution in [0.4, 0.5) is 0 Å². The van der Waals surface area contributed by atoms with Crippen molar-refractivity contribution in [3.05, 3.63) is 0 Å². The SMILES string of the molecule is CC(C)C(CC(O)CO)(C(C)C)P(=O)(O)O. The minimum absolute atomic E-state index is 0.0941. The summed E-state index contributed by atoms with van der Waals surface area (Å²) >= 11 is 0. The van der Waals surface area contributed by atoms with Gasteiger partial charge in [-0.25, -0.2) is 0 Å². The van der Waals surface area contributed by atoms with Gasteiger partial charge in [-0.3, -0.25) is 4.57 Å². The van der Waals surface area contributed by atoms with E-state index in [1.165, 1.54) is 0 Å². The number of rotatable bonds is 6. The predicted molar refractivity (Wildman–Crippen MR) is 62.2 cm³/mol. The van der Waals surface area contributed by atoms with Crippen molar-refractivity contribution in [1.29, 1.82) is 0 Å². The normalized spacial score (nSPS) is 15.9. The van der Waals surface area contributed by atoms with E-state index < -0.39 is 25.5 Å². The molecular formula is C10H23O5P. The van der Waals surface area contributed by atoms with Crippen LogP contribution in [0.2, 0.25) is 0 Å². The maximum Gasteiger partial charge on any atom is 0.332 e. The fourth-order valence-electron chi connectivity index (χ4n) is 2.37. The van der Waals surface area contributed by atoms with Gasteiger partial charge in [-0.15, -0.1) is 0 Å². The Balaban J connectivity index is 5.38. The first kappa shape index (κ1) is 16.1. The first-order chi connectivity index (χ1) is 7.09. The lowest BCUT2D eigenvalue weighted by molar-refractivity contribution is 0.0580. The fraction of sp³-hybridized carbons (Fsp3) is 1.00. The maximum absolute atomic E-state index is 11.7. The second kappa shape index (κ2) is 5.61. The molecule has 0 radical (unpaired) electrons. The fourth-order valence-corrected chi connectivity index (χ4v) is 4.17. The molecule has 16 heavy (non-hydrogen) atoms. The maximum atomic E-state index is 11.7. The Labute approximate surface area is 96.7 Å². The Morgan fingerprint density at radius 3 is 1.69 bits per heavy atom. The highest BCUT2D eigenvalue weighted by atomic mass is 31.2. The van der Waals surface area contributed by atoms with Crippen molar-refractivity contribution in [2.24, 2.45) is 11.8 Å². The second-order valence-electron chi connectivity index (χ2n) is 4.89. The average Bonchev–Trinajstić information content (AvgIpc) is 2.10. The van der Waals surface area contributed by atoms with E-state index in [2.05, 4.69) is 0 Å². The highest BCUT2D eigenvalue weighted by Crippen LogP contribution is 2.60. The Morgan fingerprint density at radius 2 is 1.50 bits per heavy atom. The van der Waals surface area contributed by atoms with Crippen LogP contribution >= 0.6 is 7.60 Å². The molecule has 0 saturated carbocycles. The van der Waals surface area contributed by atoms with Gasteiger partial charge in [0.25, 0.3) is 0 Å². The Bertz CT molecular complexity index is 250. The summed E-state index contributed by atoms with van der Waals surface area (Å²) in [4.78, 5) is 19.1. The van der Waals surface area contributed by atoms with Crippen LogP contribution in [0.1, 0.15) is 34.1 Å². The zero-order chi connectivity index (χ0) is 13.1. The molecule has 1 atom stereocenters. The summed E-state index contributed by atoms with van der Waals surface area (Å²) in [6.45, 7) is 6.42. The van der Waals surface area contributed by atoms with E-state index in [4.69, 9.17) is 5.11 Å². The van der Waals surface area contributed by atoms with Crippen LogP contribution in [0.15, 0.2) is 0 Å². The van der Waals surface area contributed by atoms with Crippen LogP contribution in [-0.2, 0) is 4.57 Å². The minimum Gasteiger partial charge on any atom is -0.394 e. The molecule has 4 N–H and O–H groups in total. The molecule has 0 fully saturated rings. The zero-order valence-electron chi connectivity index (χ0n) is 10.3. The van der Waals surface area contributed by atoms with Crippen molar-refractivity contribution in [3.63, 3.8) is 0 Å². The Morgan fingerprint density at radius 1 is 1.12 bits per heavy atom. The third-order valence-electron chi connectivity index (χ3n) is 3.32. The van der Waals surface area contributed by atoms with Gasteiger partial charge < -0.3 is 20.0 Å². The molecular weight excluding hydrogens is 231 g/mol. The summed E-state index contributed by atoms with van der Waals surface area (Å²) in [5.41, 5.74) is 0. The Hall–Kier alpha value is 0.0700. The zero-order valence-corrected chi connectivity index (χ0v) is 11.2. The van der Waals surface area contributed by atoms with E-state index in [0.29, 0.717) is 0 Å². The molecule has 0 aromatic carbocycles. The lowest BCUT2D eigenvalue weighted by Gasteiger charge is -2.42. The number of hydrogen-bond acceptors (Lipinski definition) is 3. The van der Waals surface area contributed by atoms with Gasteiger partial charge in [0.1, 0.15) is 0 Å². The topological polar surface area (TPSA) is 98.0 Å². The average molecular weight is 254 g/mol. The van der Waals surface area contributed by atoms with Gasteiger partial charge in [-0.05, 0) is 18.3 Å². The molecule has 0 rings (SSSR count). The summed E-state index contributed by atoms with van der Waals surface area (Å²) in [5, 5.41) is 17.0. The molecule has 5 nitrogen and oxygen atoms in total. The molecule has 0 amide bonds. The third kappa shape index (κ3) is 3.05. The standard InChI is InChI=1S/C10H23O5P/c1-7(2)10(8(3)4,16(13,14)15)5-9(12)6-11/h7-9,11-12H,5-6H2,1-4H3,(H2,13,14,15). The van der Waals surface area contributed by atoms with Crippen molar-refractivity contribution in [2.75, 3.05) is 6.61 Å². The molecule has 1 unspecified atom stereocenters. The van der Waals surface area contributed by atoms with Crippen molar-refractivity contribution in [2.45, 2.75) is 45.4 Å². The molecule has 0 aliphatic carbocycles. The molecule has 0 aromatic heterocycles. The first-order valence-electron chi connectivity index (χ1n) is 5.44. The van der Waals surface area contributed by atoms with Gasteiger partial charge in [-0.1, -0.05) is 27.7 Å². The summed E-state index contributed by atoms with van der Waals surface area (Å²) in [6, 6.07) is 0. The van der Waals surface area contributed by atoms with Gasteiger partial charge in [0.15, 0.2) is 0 Å². The van der Waals surface area contributed by atoms with Gasteiger partial charge in [0, 0.05) is 0 Å². The highest BCUT2D eigenvalue weighted by Gasteiger charge is 2.52. The molecule has 0 aliphatic heterocycles. The van der Waals surface area contributed by atoms with Crippen molar-refractivity contribution >= 4 is 7.60 Å². The lowest BCUT2D eigenvalue weighted by atomic mass is 9.80. The van der Waals surface area contributed by atoms with Gasteiger partial charge >= 0.3 is 7.60 Å².